The Hall–Kier alpha value is -0.930. The van der Waals surface area contributed by atoms with Gasteiger partial charge in [0, 0.05) is 0 Å². The Labute approximate surface area is 77.2 Å². The highest BCUT2D eigenvalue weighted by Crippen LogP contribution is 2.19. The first-order valence-corrected chi connectivity index (χ1v) is 4.22. The summed E-state index contributed by atoms with van der Waals surface area (Å²) in [6, 6.07) is 3.89. The fraction of sp³-hybridized carbons (Fsp3) is 0.400. The second-order valence-corrected chi connectivity index (χ2v) is 3.27. The van der Waals surface area contributed by atoms with Crippen molar-refractivity contribution in [1.29, 1.82) is 0 Å². The number of benzene rings is 1. The quantitative estimate of drug-likeness (QED) is 0.730. The molecule has 2 atom stereocenters. The Kier molecular flexibility index (Phi) is 3.01. The molecule has 72 valence electrons. The summed E-state index contributed by atoms with van der Waals surface area (Å²) in [6.45, 7) is 3.44. The molecular formula is C10H14FNO. The molecule has 0 saturated heterocycles. The van der Waals surface area contributed by atoms with Gasteiger partial charge in [-0.2, -0.15) is 0 Å². The van der Waals surface area contributed by atoms with Crippen LogP contribution < -0.4 is 5.73 Å². The Morgan fingerprint density at radius 1 is 1.46 bits per heavy atom. The number of hydrogen-bond acceptors (Lipinski definition) is 2. The van der Waals surface area contributed by atoms with E-state index in [2.05, 4.69) is 0 Å². The van der Waals surface area contributed by atoms with Crippen molar-refractivity contribution in [3.63, 3.8) is 0 Å². The first-order valence-electron chi connectivity index (χ1n) is 4.22. The highest BCUT2D eigenvalue weighted by Gasteiger charge is 2.14. The lowest BCUT2D eigenvalue weighted by atomic mass is 9.98. The SMILES string of the molecule is Cc1ccc(F)cc1[C@H](N)[C@@H](C)O. The van der Waals surface area contributed by atoms with Crippen molar-refractivity contribution < 1.29 is 9.50 Å². The zero-order chi connectivity index (χ0) is 10.0. The zero-order valence-corrected chi connectivity index (χ0v) is 7.79. The van der Waals surface area contributed by atoms with Crippen LogP contribution in [0.4, 0.5) is 4.39 Å². The molecule has 0 aliphatic carbocycles. The molecule has 0 bridgehead atoms. The standard InChI is InChI=1S/C10H14FNO/c1-6-3-4-8(11)5-9(6)10(12)7(2)13/h3-5,7,10,13H,12H2,1-2H3/t7-,10-/m1/s1. The number of aliphatic hydroxyl groups is 1. The summed E-state index contributed by atoms with van der Waals surface area (Å²) in [5.41, 5.74) is 7.25. The van der Waals surface area contributed by atoms with Gasteiger partial charge in [0.05, 0.1) is 12.1 Å². The number of rotatable bonds is 2. The molecule has 13 heavy (non-hydrogen) atoms. The normalized spacial score (nSPS) is 15.5. The van der Waals surface area contributed by atoms with Crippen LogP contribution in [0.25, 0.3) is 0 Å². The second-order valence-electron chi connectivity index (χ2n) is 3.27. The van der Waals surface area contributed by atoms with Gasteiger partial charge in [0.1, 0.15) is 5.82 Å². The van der Waals surface area contributed by atoms with Crippen molar-refractivity contribution in [2.75, 3.05) is 0 Å². The summed E-state index contributed by atoms with van der Waals surface area (Å²) < 4.78 is 12.8. The van der Waals surface area contributed by atoms with E-state index in [1.807, 2.05) is 6.92 Å². The zero-order valence-electron chi connectivity index (χ0n) is 7.79. The summed E-state index contributed by atoms with van der Waals surface area (Å²) in [5, 5.41) is 9.24. The summed E-state index contributed by atoms with van der Waals surface area (Å²) in [7, 11) is 0. The van der Waals surface area contributed by atoms with Crippen molar-refractivity contribution >= 4 is 0 Å². The minimum absolute atomic E-state index is 0.322. The molecule has 3 N–H and O–H groups in total. The summed E-state index contributed by atoms with van der Waals surface area (Å²) >= 11 is 0. The van der Waals surface area contributed by atoms with Gasteiger partial charge >= 0.3 is 0 Å². The van der Waals surface area contributed by atoms with Gasteiger partial charge in [0.2, 0.25) is 0 Å². The van der Waals surface area contributed by atoms with Gasteiger partial charge in [-0.05, 0) is 37.1 Å². The topological polar surface area (TPSA) is 46.2 Å². The summed E-state index contributed by atoms with van der Waals surface area (Å²) in [6.07, 6.45) is -0.666. The molecule has 0 saturated carbocycles. The third-order valence-corrected chi connectivity index (χ3v) is 2.12. The Balaban J connectivity index is 3.05. The average Bonchev–Trinajstić information content (AvgIpc) is 2.08. The van der Waals surface area contributed by atoms with Crippen LogP contribution >= 0.6 is 0 Å². The highest BCUT2D eigenvalue weighted by molar-refractivity contribution is 5.29. The van der Waals surface area contributed by atoms with Gasteiger partial charge in [0.25, 0.3) is 0 Å². The maximum Gasteiger partial charge on any atom is 0.123 e. The van der Waals surface area contributed by atoms with Crippen molar-refractivity contribution in [2.24, 2.45) is 5.73 Å². The van der Waals surface area contributed by atoms with E-state index in [1.165, 1.54) is 12.1 Å². The van der Waals surface area contributed by atoms with Crippen LogP contribution in [0.1, 0.15) is 24.1 Å². The van der Waals surface area contributed by atoms with Gasteiger partial charge in [-0.3, -0.25) is 0 Å². The van der Waals surface area contributed by atoms with E-state index in [9.17, 15) is 9.50 Å². The summed E-state index contributed by atoms with van der Waals surface area (Å²) in [4.78, 5) is 0. The van der Waals surface area contributed by atoms with Crippen molar-refractivity contribution in [3.05, 3.63) is 35.1 Å². The molecule has 1 aromatic rings. The lowest BCUT2D eigenvalue weighted by Gasteiger charge is -2.17. The van der Waals surface area contributed by atoms with Crippen LogP contribution in [0.15, 0.2) is 18.2 Å². The smallest absolute Gasteiger partial charge is 0.123 e. The average molecular weight is 183 g/mol. The van der Waals surface area contributed by atoms with Crippen molar-refractivity contribution in [2.45, 2.75) is 26.0 Å². The maximum absolute atomic E-state index is 12.8. The van der Waals surface area contributed by atoms with E-state index in [4.69, 9.17) is 5.73 Å². The van der Waals surface area contributed by atoms with Gasteiger partial charge in [-0.15, -0.1) is 0 Å². The maximum atomic E-state index is 12.8. The van der Waals surface area contributed by atoms with Gasteiger partial charge in [-0.25, -0.2) is 4.39 Å². The highest BCUT2D eigenvalue weighted by atomic mass is 19.1. The second kappa shape index (κ2) is 3.85. The predicted molar refractivity (Wildman–Crippen MR) is 49.7 cm³/mol. The third-order valence-electron chi connectivity index (χ3n) is 2.12. The number of aliphatic hydroxyl groups excluding tert-OH is 1. The first-order chi connectivity index (χ1) is 6.02. The molecule has 1 rings (SSSR count). The molecule has 0 radical (unpaired) electrons. The van der Waals surface area contributed by atoms with Crippen LogP contribution in [0, 0.1) is 12.7 Å². The van der Waals surface area contributed by atoms with E-state index in [0.29, 0.717) is 5.56 Å². The van der Waals surface area contributed by atoms with E-state index in [0.717, 1.165) is 5.56 Å². The van der Waals surface area contributed by atoms with E-state index in [1.54, 1.807) is 13.0 Å². The Morgan fingerprint density at radius 3 is 2.62 bits per heavy atom. The molecule has 0 spiro atoms. The molecule has 0 fully saturated rings. The Morgan fingerprint density at radius 2 is 2.08 bits per heavy atom. The van der Waals surface area contributed by atoms with Gasteiger partial charge < -0.3 is 10.8 Å². The van der Waals surface area contributed by atoms with Gasteiger partial charge in [-0.1, -0.05) is 6.07 Å². The number of hydrogen-bond donors (Lipinski definition) is 2. The van der Waals surface area contributed by atoms with Crippen molar-refractivity contribution in [3.8, 4) is 0 Å². The number of halogens is 1. The molecule has 0 aliphatic heterocycles. The van der Waals surface area contributed by atoms with Crippen LogP contribution in [-0.2, 0) is 0 Å². The largest absolute Gasteiger partial charge is 0.391 e. The fourth-order valence-corrected chi connectivity index (χ4v) is 1.23. The molecule has 0 heterocycles. The van der Waals surface area contributed by atoms with Crippen LogP contribution in [0.3, 0.4) is 0 Å². The molecule has 0 amide bonds. The van der Waals surface area contributed by atoms with Gasteiger partial charge in [0.15, 0.2) is 0 Å². The molecule has 3 heteroatoms. The molecule has 0 aromatic heterocycles. The fourth-order valence-electron chi connectivity index (χ4n) is 1.23. The van der Waals surface area contributed by atoms with Crippen molar-refractivity contribution in [1.82, 2.24) is 0 Å². The van der Waals surface area contributed by atoms with E-state index in [-0.39, 0.29) is 5.82 Å². The lowest BCUT2D eigenvalue weighted by molar-refractivity contribution is 0.164. The summed E-state index contributed by atoms with van der Waals surface area (Å²) in [5.74, 6) is -0.322. The lowest BCUT2D eigenvalue weighted by Crippen LogP contribution is -2.24. The molecule has 0 aliphatic rings. The number of nitrogens with two attached hydrogens (primary N) is 1. The minimum Gasteiger partial charge on any atom is -0.391 e. The third kappa shape index (κ3) is 2.26. The van der Waals surface area contributed by atoms with Crippen LogP contribution in [0.5, 0.6) is 0 Å². The molecule has 2 nitrogen and oxygen atoms in total. The monoisotopic (exact) mass is 183 g/mol. The molecular weight excluding hydrogens is 169 g/mol. The van der Waals surface area contributed by atoms with E-state index >= 15 is 0 Å². The van der Waals surface area contributed by atoms with Crippen LogP contribution in [0.2, 0.25) is 0 Å². The predicted octanol–water partition coefficient (Wildman–Crippen LogP) is 1.51. The Bertz CT molecular complexity index is 299. The minimum atomic E-state index is -0.666. The number of aryl methyl sites for hydroxylation is 1. The molecule has 1 aromatic carbocycles. The van der Waals surface area contributed by atoms with E-state index < -0.39 is 12.1 Å². The first kappa shape index (κ1) is 10.2. The molecule has 0 unspecified atom stereocenters. The van der Waals surface area contributed by atoms with Crippen LogP contribution in [-0.4, -0.2) is 11.2 Å².